The van der Waals surface area contributed by atoms with Crippen molar-refractivity contribution in [1.29, 1.82) is 0 Å². The van der Waals surface area contributed by atoms with Crippen LogP contribution < -0.4 is 0 Å². The number of thiophene rings is 1. The van der Waals surface area contributed by atoms with E-state index in [4.69, 9.17) is 11.6 Å². The SMILES string of the molecule is O=[N+]([O-])c1cc(Cl)cc(C=NCC(O)c2ccsc2)c1O. The maximum Gasteiger partial charge on any atom is 0.312 e. The van der Waals surface area contributed by atoms with Crippen molar-refractivity contribution >= 4 is 34.8 Å². The van der Waals surface area contributed by atoms with Crippen LogP contribution in [0.1, 0.15) is 17.2 Å². The predicted molar refractivity (Wildman–Crippen MR) is 81.5 cm³/mol. The molecule has 1 unspecified atom stereocenters. The minimum Gasteiger partial charge on any atom is -0.502 e. The summed E-state index contributed by atoms with van der Waals surface area (Å²) in [4.78, 5) is 14.0. The maximum atomic E-state index is 10.8. The molecule has 0 bridgehead atoms. The fourth-order valence-corrected chi connectivity index (χ4v) is 2.59. The minimum absolute atomic E-state index is 0.0798. The third-order valence-corrected chi connectivity index (χ3v) is 3.64. The lowest BCUT2D eigenvalue weighted by Crippen LogP contribution is -2.00. The van der Waals surface area contributed by atoms with Crippen LogP contribution in [0, 0.1) is 10.1 Å². The highest BCUT2D eigenvalue weighted by molar-refractivity contribution is 7.07. The molecule has 21 heavy (non-hydrogen) atoms. The maximum absolute atomic E-state index is 10.8. The zero-order valence-corrected chi connectivity index (χ0v) is 12.2. The Kier molecular flexibility index (Phi) is 4.89. The van der Waals surface area contributed by atoms with Crippen molar-refractivity contribution < 1.29 is 15.1 Å². The molecule has 8 heteroatoms. The molecular weight excluding hydrogens is 316 g/mol. The fourth-order valence-electron chi connectivity index (χ4n) is 1.66. The van der Waals surface area contributed by atoms with E-state index in [1.165, 1.54) is 23.6 Å². The van der Waals surface area contributed by atoms with Crippen LogP contribution >= 0.6 is 22.9 Å². The third-order valence-electron chi connectivity index (χ3n) is 2.72. The second-order valence-electron chi connectivity index (χ2n) is 4.19. The van der Waals surface area contributed by atoms with E-state index in [0.717, 1.165) is 11.6 Å². The molecule has 0 saturated heterocycles. The van der Waals surface area contributed by atoms with Gasteiger partial charge in [0.25, 0.3) is 0 Å². The number of hydrogen-bond acceptors (Lipinski definition) is 6. The van der Waals surface area contributed by atoms with Gasteiger partial charge in [0.15, 0.2) is 0 Å². The van der Waals surface area contributed by atoms with Gasteiger partial charge in [-0.25, -0.2) is 0 Å². The molecule has 2 rings (SSSR count). The van der Waals surface area contributed by atoms with Gasteiger partial charge in [0.05, 0.1) is 17.6 Å². The lowest BCUT2D eigenvalue weighted by atomic mass is 10.2. The summed E-state index contributed by atoms with van der Waals surface area (Å²) in [5, 5.41) is 34.2. The Morgan fingerprint density at radius 2 is 2.29 bits per heavy atom. The third kappa shape index (κ3) is 3.78. The van der Waals surface area contributed by atoms with E-state index in [1.54, 1.807) is 6.07 Å². The van der Waals surface area contributed by atoms with Crippen LogP contribution in [0.3, 0.4) is 0 Å². The number of rotatable bonds is 5. The first-order chi connectivity index (χ1) is 9.99. The average molecular weight is 327 g/mol. The van der Waals surface area contributed by atoms with Gasteiger partial charge in [-0.2, -0.15) is 11.3 Å². The van der Waals surface area contributed by atoms with E-state index in [-0.39, 0.29) is 17.1 Å². The van der Waals surface area contributed by atoms with Gasteiger partial charge in [-0.05, 0) is 28.5 Å². The summed E-state index contributed by atoms with van der Waals surface area (Å²) in [6.45, 7) is 0.0798. The van der Waals surface area contributed by atoms with Crippen LogP contribution in [-0.4, -0.2) is 27.9 Å². The predicted octanol–water partition coefficient (Wildman–Crippen LogP) is 3.17. The lowest BCUT2D eigenvalue weighted by Gasteiger charge is -2.05. The number of phenolic OH excluding ortho intramolecular Hbond substituents is 1. The molecule has 2 N–H and O–H groups in total. The summed E-state index contributed by atoms with van der Waals surface area (Å²) >= 11 is 7.23. The van der Waals surface area contributed by atoms with Crippen LogP contribution in [0.4, 0.5) is 5.69 Å². The van der Waals surface area contributed by atoms with Crippen molar-refractivity contribution in [3.63, 3.8) is 0 Å². The number of aliphatic imine (C=N–C) groups is 1. The summed E-state index contributed by atoms with van der Waals surface area (Å²) in [6, 6.07) is 4.21. The minimum atomic E-state index is -0.760. The summed E-state index contributed by atoms with van der Waals surface area (Å²) in [5.41, 5.74) is 0.396. The Bertz CT molecular complexity index is 673. The van der Waals surface area contributed by atoms with Gasteiger partial charge >= 0.3 is 5.69 Å². The molecule has 110 valence electrons. The topological polar surface area (TPSA) is 96.0 Å². The summed E-state index contributed by atoms with van der Waals surface area (Å²) in [5.74, 6) is -0.502. The molecule has 1 heterocycles. The average Bonchev–Trinajstić information content (AvgIpc) is 2.95. The van der Waals surface area contributed by atoms with E-state index in [2.05, 4.69) is 4.99 Å². The van der Waals surface area contributed by atoms with Crippen molar-refractivity contribution in [2.24, 2.45) is 4.99 Å². The van der Waals surface area contributed by atoms with Gasteiger partial charge in [0, 0.05) is 22.9 Å². The van der Waals surface area contributed by atoms with Gasteiger partial charge in [-0.15, -0.1) is 0 Å². The Balaban J connectivity index is 2.16. The Labute approximate surface area is 129 Å². The number of halogens is 1. The number of aromatic hydroxyl groups is 1. The molecule has 0 aliphatic heterocycles. The van der Waals surface area contributed by atoms with Crippen molar-refractivity contribution in [2.45, 2.75) is 6.10 Å². The van der Waals surface area contributed by atoms with E-state index in [0.29, 0.717) is 0 Å². The van der Waals surface area contributed by atoms with Crippen LogP contribution in [0.2, 0.25) is 5.02 Å². The van der Waals surface area contributed by atoms with Gasteiger partial charge in [0.1, 0.15) is 0 Å². The smallest absolute Gasteiger partial charge is 0.312 e. The van der Waals surface area contributed by atoms with Crippen molar-refractivity contribution in [2.75, 3.05) is 6.54 Å². The van der Waals surface area contributed by atoms with Crippen LogP contribution in [0.5, 0.6) is 5.75 Å². The normalized spacial score (nSPS) is 12.7. The quantitative estimate of drug-likeness (QED) is 0.501. The van der Waals surface area contributed by atoms with E-state index in [1.807, 2.05) is 10.8 Å². The van der Waals surface area contributed by atoms with Crippen LogP contribution in [0.15, 0.2) is 34.0 Å². The highest BCUT2D eigenvalue weighted by Gasteiger charge is 2.17. The van der Waals surface area contributed by atoms with Gasteiger partial charge in [-0.3, -0.25) is 15.1 Å². The van der Waals surface area contributed by atoms with Gasteiger partial charge in [0.2, 0.25) is 5.75 Å². The number of aliphatic hydroxyl groups is 1. The number of benzene rings is 1. The summed E-state index contributed by atoms with van der Waals surface area (Å²) < 4.78 is 0. The fraction of sp³-hybridized carbons (Fsp3) is 0.154. The Morgan fingerprint density at radius 1 is 1.52 bits per heavy atom. The molecular formula is C13H11ClN2O4S. The first kappa shape index (κ1) is 15.4. The molecule has 1 aromatic carbocycles. The second kappa shape index (κ2) is 6.66. The van der Waals surface area contributed by atoms with Crippen LogP contribution in [0.25, 0.3) is 0 Å². The summed E-state index contributed by atoms with van der Waals surface area (Å²) in [6.07, 6.45) is 0.493. The summed E-state index contributed by atoms with van der Waals surface area (Å²) in [7, 11) is 0. The first-order valence-corrected chi connectivity index (χ1v) is 7.18. The lowest BCUT2D eigenvalue weighted by molar-refractivity contribution is -0.385. The zero-order chi connectivity index (χ0) is 15.4. The van der Waals surface area contributed by atoms with Crippen molar-refractivity contribution in [3.05, 3.63) is 55.2 Å². The molecule has 0 fully saturated rings. The molecule has 0 saturated carbocycles. The number of nitro groups is 1. The highest BCUT2D eigenvalue weighted by Crippen LogP contribution is 2.32. The molecule has 0 spiro atoms. The highest BCUT2D eigenvalue weighted by atomic mass is 35.5. The Morgan fingerprint density at radius 3 is 2.90 bits per heavy atom. The van der Waals surface area contributed by atoms with E-state index in [9.17, 15) is 20.3 Å². The molecule has 1 aromatic heterocycles. The number of hydrogen-bond donors (Lipinski definition) is 2. The van der Waals surface area contributed by atoms with Crippen molar-refractivity contribution in [3.8, 4) is 5.75 Å². The molecule has 0 aliphatic rings. The number of nitrogens with zero attached hydrogens (tertiary/aromatic N) is 2. The van der Waals surface area contributed by atoms with E-state index >= 15 is 0 Å². The van der Waals surface area contributed by atoms with E-state index < -0.39 is 22.5 Å². The number of nitro benzene ring substituents is 1. The molecule has 0 amide bonds. The second-order valence-corrected chi connectivity index (χ2v) is 5.40. The molecule has 0 radical (unpaired) electrons. The standard InChI is InChI=1S/C13H11ClN2O4S/c14-10-3-9(13(18)11(4-10)16(19)20)5-15-6-12(17)8-1-2-21-7-8/h1-5,7,12,17-18H,6H2. The number of aliphatic hydroxyl groups excluding tert-OH is 1. The first-order valence-electron chi connectivity index (χ1n) is 5.86. The molecule has 0 aliphatic carbocycles. The molecule has 1 atom stereocenters. The Hall–Kier alpha value is -1.96. The molecule has 6 nitrogen and oxygen atoms in total. The largest absolute Gasteiger partial charge is 0.502 e. The van der Waals surface area contributed by atoms with Gasteiger partial charge in [-0.1, -0.05) is 11.6 Å². The van der Waals surface area contributed by atoms with Crippen LogP contribution in [-0.2, 0) is 0 Å². The zero-order valence-electron chi connectivity index (χ0n) is 10.6. The monoisotopic (exact) mass is 326 g/mol. The molecule has 2 aromatic rings. The van der Waals surface area contributed by atoms with Gasteiger partial charge < -0.3 is 10.2 Å². The number of phenols is 1. The van der Waals surface area contributed by atoms with Crippen molar-refractivity contribution in [1.82, 2.24) is 0 Å².